The smallest absolute Gasteiger partial charge is 0.0443 e. The predicted molar refractivity (Wildman–Crippen MR) is 112 cm³/mol. The Kier molecular flexibility index (Phi) is 5.15. The summed E-state index contributed by atoms with van der Waals surface area (Å²) in [5, 5.41) is 5.98. The normalized spacial score (nSPS) is 14.6. The summed E-state index contributed by atoms with van der Waals surface area (Å²) in [6.45, 7) is 16.8. The highest BCUT2D eigenvalue weighted by atomic mass is 32.1. The van der Waals surface area contributed by atoms with Gasteiger partial charge in [0.05, 0.1) is 0 Å². The van der Waals surface area contributed by atoms with E-state index in [2.05, 4.69) is 69.3 Å². The number of nitrogens with zero attached hydrogens (tertiary/aromatic N) is 1. The van der Waals surface area contributed by atoms with Crippen LogP contribution in [-0.2, 0) is 13.0 Å². The number of hydrogen-bond donors (Lipinski definition) is 1. The predicted octanol–water partition coefficient (Wildman–Crippen LogP) is 6.08. The van der Waals surface area contributed by atoms with Gasteiger partial charge < -0.3 is 10.2 Å². The second kappa shape index (κ2) is 7.03. The van der Waals surface area contributed by atoms with Gasteiger partial charge in [-0.15, -0.1) is 11.3 Å². The maximum Gasteiger partial charge on any atom is 0.0443 e. The van der Waals surface area contributed by atoms with E-state index in [1.165, 1.54) is 40.9 Å². The summed E-state index contributed by atoms with van der Waals surface area (Å²) in [7, 11) is 0. The third kappa shape index (κ3) is 4.20. The topological polar surface area (TPSA) is 15.3 Å². The summed E-state index contributed by atoms with van der Waals surface area (Å²) in [4.78, 5) is 4.13. The van der Waals surface area contributed by atoms with Gasteiger partial charge in [0, 0.05) is 35.9 Å². The van der Waals surface area contributed by atoms with Gasteiger partial charge in [0.1, 0.15) is 0 Å². The average molecular weight is 357 g/mol. The summed E-state index contributed by atoms with van der Waals surface area (Å²) >= 11 is 1.93. The largest absolute Gasteiger partial charge is 0.385 e. The van der Waals surface area contributed by atoms with E-state index < -0.39 is 0 Å². The lowest BCUT2D eigenvalue weighted by Crippen LogP contribution is -2.30. The highest BCUT2D eigenvalue weighted by Crippen LogP contribution is 2.33. The summed E-state index contributed by atoms with van der Waals surface area (Å²) in [5.41, 5.74) is 8.79. The SMILES string of the molecule is Cc1csc2c1CN(c1cc(C)c(NCCC(C)(C)C)c(C)c1)CC2. The molecule has 0 radical (unpaired) electrons. The number of rotatable bonds is 4. The number of hydrogen-bond acceptors (Lipinski definition) is 3. The lowest BCUT2D eigenvalue weighted by molar-refractivity contribution is 0.389. The van der Waals surface area contributed by atoms with Crippen molar-refractivity contribution >= 4 is 22.7 Å². The minimum atomic E-state index is 0.374. The molecule has 0 fully saturated rings. The molecule has 1 aromatic heterocycles. The van der Waals surface area contributed by atoms with Crippen LogP contribution in [0.4, 0.5) is 11.4 Å². The van der Waals surface area contributed by atoms with Crippen molar-refractivity contribution < 1.29 is 0 Å². The molecular formula is C22H32N2S. The first-order valence-electron chi connectivity index (χ1n) is 9.40. The van der Waals surface area contributed by atoms with Crippen molar-refractivity contribution in [1.82, 2.24) is 0 Å². The molecule has 2 nitrogen and oxygen atoms in total. The summed E-state index contributed by atoms with van der Waals surface area (Å²) < 4.78 is 0. The molecule has 0 unspecified atom stereocenters. The molecule has 1 aliphatic heterocycles. The van der Waals surface area contributed by atoms with E-state index in [-0.39, 0.29) is 0 Å². The van der Waals surface area contributed by atoms with Crippen LogP contribution in [0.15, 0.2) is 17.5 Å². The minimum absolute atomic E-state index is 0.374. The molecule has 0 bridgehead atoms. The maximum atomic E-state index is 3.67. The third-order valence-electron chi connectivity index (χ3n) is 5.21. The first kappa shape index (κ1) is 18.3. The quantitative estimate of drug-likeness (QED) is 0.713. The third-order valence-corrected chi connectivity index (χ3v) is 6.41. The van der Waals surface area contributed by atoms with E-state index in [1.807, 2.05) is 11.3 Å². The Labute approximate surface area is 157 Å². The Bertz CT molecular complexity index is 729. The molecule has 0 aliphatic carbocycles. The van der Waals surface area contributed by atoms with Crippen LogP contribution in [0.3, 0.4) is 0 Å². The van der Waals surface area contributed by atoms with Crippen LogP contribution in [0.5, 0.6) is 0 Å². The van der Waals surface area contributed by atoms with Gasteiger partial charge in [0.2, 0.25) is 0 Å². The fourth-order valence-corrected chi connectivity index (χ4v) is 4.67. The molecule has 0 saturated heterocycles. The van der Waals surface area contributed by atoms with Gasteiger partial charge in [-0.25, -0.2) is 0 Å². The van der Waals surface area contributed by atoms with Crippen molar-refractivity contribution in [3.8, 4) is 0 Å². The molecule has 0 spiro atoms. The average Bonchev–Trinajstić information content (AvgIpc) is 2.89. The highest BCUT2D eigenvalue weighted by molar-refractivity contribution is 7.10. The Morgan fingerprint density at radius 1 is 1.08 bits per heavy atom. The molecule has 1 aromatic carbocycles. The van der Waals surface area contributed by atoms with E-state index in [0.717, 1.165) is 19.6 Å². The first-order valence-corrected chi connectivity index (χ1v) is 10.3. The number of anilines is 2. The van der Waals surface area contributed by atoms with Crippen LogP contribution in [0, 0.1) is 26.2 Å². The summed E-state index contributed by atoms with van der Waals surface area (Å²) in [6.07, 6.45) is 2.36. The van der Waals surface area contributed by atoms with Crippen molar-refractivity contribution in [2.75, 3.05) is 23.3 Å². The molecule has 0 atom stereocenters. The second-order valence-electron chi connectivity index (χ2n) is 8.68. The van der Waals surface area contributed by atoms with Crippen molar-refractivity contribution in [3.05, 3.63) is 44.6 Å². The van der Waals surface area contributed by atoms with Crippen molar-refractivity contribution in [1.29, 1.82) is 0 Å². The molecular weight excluding hydrogens is 324 g/mol. The molecule has 3 rings (SSSR count). The van der Waals surface area contributed by atoms with E-state index in [0.29, 0.717) is 5.41 Å². The van der Waals surface area contributed by atoms with E-state index in [1.54, 1.807) is 10.4 Å². The molecule has 2 heterocycles. The highest BCUT2D eigenvalue weighted by Gasteiger charge is 2.20. The molecule has 2 aromatic rings. The zero-order valence-electron chi connectivity index (χ0n) is 16.6. The fourth-order valence-electron chi connectivity index (χ4n) is 3.64. The summed E-state index contributed by atoms with van der Waals surface area (Å²) in [6, 6.07) is 4.72. The zero-order chi connectivity index (χ0) is 18.2. The Hall–Kier alpha value is -1.48. The van der Waals surface area contributed by atoms with Gasteiger partial charge >= 0.3 is 0 Å². The lowest BCUT2D eigenvalue weighted by Gasteiger charge is -2.31. The minimum Gasteiger partial charge on any atom is -0.385 e. The number of aryl methyl sites for hydroxylation is 3. The number of thiophene rings is 1. The monoisotopic (exact) mass is 356 g/mol. The molecule has 0 saturated carbocycles. The fraction of sp³-hybridized carbons (Fsp3) is 0.545. The Morgan fingerprint density at radius 3 is 2.40 bits per heavy atom. The van der Waals surface area contributed by atoms with Crippen LogP contribution >= 0.6 is 11.3 Å². The number of nitrogens with one attached hydrogen (secondary N) is 1. The second-order valence-corrected chi connectivity index (χ2v) is 9.65. The first-order chi connectivity index (χ1) is 11.7. The number of benzene rings is 1. The Balaban J connectivity index is 1.75. The van der Waals surface area contributed by atoms with Crippen molar-refractivity contribution in [3.63, 3.8) is 0 Å². The standard InChI is InChI=1S/C22H32N2S/c1-15-11-18(12-16(2)21(15)23-9-8-22(4,5)6)24-10-7-20-19(13-24)17(3)14-25-20/h11-12,14,23H,7-10,13H2,1-6H3. The van der Waals surface area contributed by atoms with Crippen LogP contribution in [0.1, 0.15) is 54.3 Å². The van der Waals surface area contributed by atoms with Crippen molar-refractivity contribution in [2.24, 2.45) is 5.41 Å². The van der Waals surface area contributed by atoms with Crippen LogP contribution in [0.2, 0.25) is 0 Å². The van der Waals surface area contributed by atoms with Gasteiger partial charge in [-0.3, -0.25) is 0 Å². The molecule has 136 valence electrons. The van der Waals surface area contributed by atoms with Gasteiger partial charge in [0.15, 0.2) is 0 Å². The Morgan fingerprint density at radius 2 is 1.76 bits per heavy atom. The molecule has 3 heteroatoms. The molecule has 25 heavy (non-hydrogen) atoms. The maximum absolute atomic E-state index is 3.67. The molecule has 1 aliphatic rings. The van der Waals surface area contributed by atoms with Crippen molar-refractivity contribution in [2.45, 2.75) is 60.9 Å². The van der Waals surface area contributed by atoms with Crippen LogP contribution < -0.4 is 10.2 Å². The van der Waals surface area contributed by atoms with Gasteiger partial charge in [-0.1, -0.05) is 20.8 Å². The van der Waals surface area contributed by atoms with Crippen LogP contribution in [0.25, 0.3) is 0 Å². The van der Waals surface area contributed by atoms with E-state index in [9.17, 15) is 0 Å². The molecule has 1 N–H and O–H groups in total. The molecule has 0 amide bonds. The van der Waals surface area contributed by atoms with Gasteiger partial charge in [-0.2, -0.15) is 0 Å². The van der Waals surface area contributed by atoms with E-state index >= 15 is 0 Å². The van der Waals surface area contributed by atoms with E-state index in [4.69, 9.17) is 0 Å². The number of fused-ring (bicyclic) bond motifs is 1. The van der Waals surface area contributed by atoms with Crippen LogP contribution in [-0.4, -0.2) is 13.1 Å². The van der Waals surface area contributed by atoms with Gasteiger partial charge in [-0.05, 0) is 78.8 Å². The zero-order valence-corrected chi connectivity index (χ0v) is 17.4. The summed E-state index contributed by atoms with van der Waals surface area (Å²) in [5.74, 6) is 0. The lowest BCUT2D eigenvalue weighted by atomic mass is 9.92. The van der Waals surface area contributed by atoms with Gasteiger partial charge in [0.25, 0.3) is 0 Å².